The Labute approximate surface area is 133 Å². The molecule has 3 aromatic rings. The number of rotatable bonds is 5. The molecule has 22 heavy (non-hydrogen) atoms. The molecule has 0 aliphatic rings. The molecule has 0 saturated carbocycles. The maximum absolute atomic E-state index is 11.9. The van der Waals surface area contributed by atoms with Gasteiger partial charge in [0, 0.05) is 23.3 Å². The zero-order chi connectivity index (χ0) is 15.5. The molecule has 0 bridgehead atoms. The van der Waals surface area contributed by atoms with Gasteiger partial charge in [-0.2, -0.15) is 0 Å². The summed E-state index contributed by atoms with van der Waals surface area (Å²) >= 11 is 2.61. The minimum atomic E-state index is -0.213. The minimum absolute atomic E-state index is 0.167. The minimum Gasteiger partial charge on any atom is -0.301 e. The van der Waals surface area contributed by atoms with E-state index >= 15 is 0 Å². The normalized spacial score (nSPS) is 11.0. The summed E-state index contributed by atoms with van der Waals surface area (Å²) < 4.78 is 1.75. The Morgan fingerprint density at radius 1 is 1.50 bits per heavy atom. The Kier molecular flexibility index (Phi) is 4.20. The zero-order valence-electron chi connectivity index (χ0n) is 11.6. The highest BCUT2D eigenvalue weighted by Gasteiger charge is 2.13. The lowest BCUT2D eigenvalue weighted by atomic mass is 10.3. The topological polar surface area (TPSA) is 105 Å². The van der Waals surface area contributed by atoms with Gasteiger partial charge in [0.2, 0.25) is 11.7 Å². The Balaban J connectivity index is 1.77. The van der Waals surface area contributed by atoms with Crippen molar-refractivity contribution in [2.45, 2.75) is 18.5 Å². The number of aromatic amines is 1. The first kappa shape index (κ1) is 14.7. The number of fused-ring (bicyclic) bond motifs is 1. The van der Waals surface area contributed by atoms with Crippen LogP contribution in [-0.4, -0.2) is 36.2 Å². The maximum Gasteiger partial charge on any atom is 0.252 e. The first-order valence-electron chi connectivity index (χ1n) is 6.47. The average molecular weight is 336 g/mol. The fraction of sp³-hybridized carbons (Fsp3) is 0.250. The number of anilines is 1. The second-order valence-electron chi connectivity index (χ2n) is 4.29. The van der Waals surface area contributed by atoms with Crippen LogP contribution >= 0.6 is 23.1 Å². The summed E-state index contributed by atoms with van der Waals surface area (Å²) in [5, 5.41) is 13.6. The summed E-state index contributed by atoms with van der Waals surface area (Å²) in [6, 6.07) is 1.51. The van der Waals surface area contributed by atoms with Crippen LogP contribution in [0.3, 0.4) is 0 Å². The third kappa shape index (κ3) is 3.02. The number of aromatic nitrogens is 5. The lowest BCUT2D eigenvalue weighted by Crippen LogP contribution is -2.15. The maximum atomic E-state index is 11.9. The van der Waals surface area contributed by atoms with E-state index in [1.165, 1.54) is 29.2 Å². The molecule has 3 aromatic heterocycles. The first-order valence-corrected chi connectivity index (χ1v) is 8.33. The van der Waals surface area contributed by atoms with E-state index in [1.807, 2.05) is 6.92 Å². The van der Waals surface area contributed by atoms with Gasteiger partial charge in [0.25, 0.3) is 5.56 Å². The largest absolute Gasteiger partial charge is 0.301 e. The van der Waals surface area contributed by atoms with Gasteiger partial charge in [0.1, 0.15) is 0 Å². The van der Waals surface area contributed by atoms with Crippen molar-refractivity contribution in [1.29, 1.82) is 0 Å². The number of hydrogen-bond acceptors (Lipinski definition) is 7. The molecule has 0 aliphatic carbocycles. The third-order valence-corrected chi connectivity index (χ3v) is 4.44. The van der Waals surface area contributed by atoms with Gasteiger partial charge in [-0.1, -0.05) is 18.7 Å². The van der Waals surface area contributed by atoms with Crippen molar-refractivity contribution in [1.82, 2.24) is 24.6 Å². The lowest BCUT2D eigenvalue weighted by Gasteiger charge is -2.04. The van der Waals surface area contributed by atoms with Crippen molar-refractivity contribution in [2.75, 3.05) is 11.1 Å². The van der Waals surface area contributed by atoms with Crippen molar-refractivity contribution in [2.24, 2.45) is 0 Å². The van der Waals surface area contributed by atoms with Crippen molar-refractivity contribution in [3.8, 4) is 0 Å². The van der Waals surface area contributed by atoms with E-state index in [0.717, 1.165) is 5.69 Å². The smallest absolute Gasteiger partial charge is 0.252 e. The van der Waals surface area contributed by atoms with E-state index in [4.69, 9.17) is 0 Å². The molecule has 3 heterocycles. The molecule has 3 rings (SSSR count). The Hall–Kier alpha value is -2.20. The number of nitrogens with one attached hydrogen (secondary N) is 2. The number of thioether (sulfide) groups is 1. The SMILES string of the molecule is CCc1cc(=O)[nH]c2nnc(SCC(=O)Nc3nccs3)n12. The fourth-order valence-corrected chi connectivity index (χ4v) is 3.21. The monoisotopic (exact) mass is 336 g/mol. The second-order valence-corrected chi connectivity index (χ2v) is 6.13. The highest BCUT2D eigenvalue weighted by Crippen LogP contribution is 2.18. The van der Waals surface area contributed by atoms with Crippen LogP contribution in [0, 0.1) is 0 Å². The molecule has 0 aliphatic heterocycles. The van der Waals surface area contributed by atoms with E-state index in [0.29, 0.717) is 22.5 Å². The van der Waals surface area contributed by atoms with E-state index in [1.54, 1.807) is 16.0 Å². The zero-order valence-corrected chi connectivity index (χ0v) is 13.2. The number of aryl methyl sites for hydroxylation is 1. The van der Waals surface area contributed by atoms with Crippen molar-refractivity contribution in [3.63, 3.8) is 0 Å². The summed E-state index contributed by atoms with van der Waals surface area (Å²) in [5.41, 5.74) is 0.585. The van der Waals surface area contributed by atoms with E-state index in [2.05, 4.69) is 25.5 Å². The number of nitrogens with zero attached hydrogens (tertiary/aromatic N) is 4. The average Bonchev–Trinajstić information content (AvgIpc) is 3.13. The molecule has 0 spiro atoms. The molecule has 0 unspecified atom stereocenters. The van der Waals surface area contributed by atoms with Gasteiger partial charge in [-0.3, -0.25) is 19.0 Å². The van der Waals surface area contributed by atoms with Gasteiger partial charge in [-0.05, 0) is 6.42 Å². The summed E-state index contributed by atoms with van der Waals surface area (Å²) in [7, 11) is 0. The summed E-state index contributed by atoms with van der Waals surface area (Å²) in [5.74, 6) is 0.397. The summed E-state index contributed by atoms with van der Waals surface area (Å²) in [6.07, 6.45) is 2.29. The quantitative estimate of drug-likeness (QED) is 0.678. The molecular formula is C12H12N6O2S2. The number of hydrogen-bond donors (Lipinski definition) is 2. The first-order chi connectivity index (χ1) is 10.7. The number of carbonyl (C=O) groups is 1. The molecule has 8 nitrogen and oxygen atoms in total. The van der Waals surface area contributed by atoms with Crippen LogP contribution in [0.25, 0.3) is 5.78 Å². The third-order valence-electron chi connectivity index (χ3n) is 2.83. The molecule has 0 radical (unpaired) electrons. The van der Waals surface area contributed by atoms with E-state index in [9.17, 15) is 9.59 Å². The predicted molar refractivity (Wildman–Crippen MR) is 84.5 cm³/mol. The van der Waals surface area contributed by atoms with Gasteiger partial charge >= 0.3 is 0 Å². The number of H-pyrrole nitrogens is 1. The van der Waals surface area contributed by atoms with Gasteiger partial charge in [-0.25, -0.2) is 4.98 Å². The van der Waals surface area contributed by atoms with Gasteiger partial charge in [0.15, 0.2) is 10.3 Å². The fourth-order valence-electron chi connectivity index (χ4n) is 1.90. The molecular weight excluding hydrogens is 324 g/mol. The van der Waals surface area contributed by atoms with E-state index < -0.39 is 0 Å². The van der Waals surface area contributed by atoms with Gasteiger partial charge in [-0.15, -0.1) is 21.5 Å². The number of carbonyl (C=O) groups excluding carboxylic acids is 1. The second kappa shape index (κ2) is 6.28. The van der Waals surface area contributed by atoms with Crippen LogP contribution in [0.15, 0.2) is 27.6 Å². The van der Waals surface area contributed by atoms with Crippen LogP contribution in [-0.2, 0) is 11.2 Å². The molecule has 0 atom stereocenters. The highest BCUT2D eigenvalue weighted by atomic mass is 32.2. The van der Waals surface area contributed by atoms with Crippen LogP contribution in [0.4, 0.5) is 5.13 Å². The lowest BCUT2D eigenvalue weighted by molar-refractivity contribution is -0.113. The van der Waals surface area contributed by atoms with Crippen molar-refractivity contribution in [3.05, 3.63) is 33.7 Å². The van der Waals surface area contributed by atoms with Crippen LogP contribution in [0.2, 0.25) is 0 Å². The van der Waals surface area contributed by atoms with Crippen molar-refractivity contribution >= 4 is 39.9 Å². The molecule has 114 valence electrons. The summed E-state index contributed by atoms with van der Waals surface area (Å²) in [4.78, 5) is 30.0. The van der Waals surface area contributed by atoms with Crippen LogP contribution < -0.4 is 10.9 Å². The van der Waals surface area contributed by atoms with Crippen molar-refractivity contribution < 1.29 is 4.79 Å². The van der Waals surface area contributed by atoms with E-state index in [-0.39, 0.29) is 17.2 Å². The standard InChI is InChI=1S/C12H12N6O2S2/c1-2-7-5-8(19)14-10-16-17-12(18(7)10)22-6-9(20)15-11-13-3-4-21-11/h3-5H,2,6H2,1H3,(H,13,15,20)(H,14,16,19). The molecule has 0 fully saturated rings. The number of thiazole rings is 1. The van der Waals surface area contributed by atoms with Gasteiger partial charge < -0.3 is 5.32 Å². The van der Waals surface area contributed by atoms with Crippen LogP contribution in [0.5, 0.6) is 0 Å². The molecule has 0 saturated heterocycles. The molecule has 0 aromatic carbocycles. The highest BCUT2D eigenvalue weighted by molar-refractivity contribution is 7.99. The Morgan fingerprint density at radius 3 is 3.09 bits per heavy atom. The Morgan fingerprint density at radius 2 is 2.36 bits per heavy atom. The Bertz CT molecular complexity index is 854. The molecule has 10 heteroatoms. The summed E-state index contributed by atoms with van der Waals surface area (Å²) in [6.45, 7) is 1.94. The predicted octanol–water partition coefficient (Wildman–Crippen LogP) is 1.17. The van der Waals surface area contributed by atoms with Crippen LogP contribution in [0.1, 0.15) is 12.6 Å². The molecule has 1 amide bonds. The molecule has 2 N–H and O–H groups in total. The van der Waals surface area contributed by atoms with Gasteiger partial charge in [0.05, 0.1) is 5.75 Å². The number of amides is 1.